The minimum atomic E-state index is -0.0921. The quantitative estimate of drug-likeness (QED) is 0.815. The Bertz CT molecular complexity index is 654. The van der Waals surface area contributed by atoms with Crippen molar-refractivity contribution in [1.82, 2.24) is 9.88 Å². The first kappa shape index (κ1) is 16.5. The van der Waals surface area contributed by atoms with Crippen molar-refractivity contribution in [2.24, 2.45) is 5.92 Å². The van der Waals surface area contributed by atoms with Crippen molar-refractivity contribution in [2.75, 3.05) is 26.8 Å². The van der Waals surface area contributed by atoms with Crippen LogP contribution in [0.1, 0.15) is 29.2 Å². The number of para-hydroxylation sites is 1. The zero-order chi connectivity index (χ0) is 16.8. The highest BCUT2D eigenvalue weighted by Gasteiger charge is 2.26. The number of amides is 1. The van der Waals surface area contributed by atoms with E-state index in [2.05, 4.69) is 4.98 Å². The van der Waals surface area contributed by atoms with E-state index in [0.29, 0.717) is 30.7 Å². The first-order valence-electron chi connectivity index (χ1n) is 8.16. The molecule has 0 spiro atoms. The van der Waals surface area contributed by atoms with Crippen molar-refractivity contribution < 1.29 is 18.7 Å². The minimum absolute atomic E-state index is 0.0921. The summed E-state index contributed by atoms with van der Waals surface area (Å²) in [4.78, 5) is 18.6. The number of aromatic nitrogens is 1. The topological polar surface area (TPSA) is 64.8 Å². The maximum atomic E-state index is 12.6. The molecule has 1 aliphatic rings. The largest absolute Gasteiger partial charge is 0.484 e. The van der Waals surface area contributed by atoms with E-state index in [9.17, 15) is 4.79 Å². The van der Waals surface area contributed by atoms with Gasteiger partial charge >= 0.3 is 0 Å². The van der Waals surface area contributed by atoms with Gasteiger partial charge in [-0.3, -0.25) is 4.79 Å². The van der Waals surface area contributed by atoms with Crippen molar-refractivity contribution in [2.45, 2.75) is 19.4 Å². The van der Waals surface area contributed by atoms with E-state index in [1.165, 1.54) is 6.26 Å². The molecule has 1 amide bonds. The Labute approximate surface area is 141 Å². The lowest BCUT2D eigenvalue weighted by atomic mass is 9.99. The number of likely N-dealkylation sites (tertiary alicyclic amines) is 1. The van der Waals surface area contributed by atoms with Crippen LogP contribution >= 0.6 is 0 Å². The second kappa shape index (κ2) is 7.97. The van der Waals surface area contributed by atoms with E-state index in [0.717, 1.165) is 25.1 Å². The molecule has 1 aromatic heterocycles. The summed E-state index contributed by atoms with van der Waals surface area (Å²) in [5.74, 6) is 1.43. The van der Waals surface area contributed by atoms with Crippen LogP contribution in [-0.4, -0.2) is 42.6 Å². The molecular formula is C18H22N2O4. The summed E-state index contributed by atoms with van der Waals surface area (Å²) in [5, 5.41) is 0. The lowest BCUT2D eigenvalue weighted by molar-refractivity contribution is 0.0565. The highest BCUT2D eigenvalue weighted by Crippen LogP contribution is 2.19. The van der Waals surface area contributed by atoms with Crippen LogP contribution in [0.5, 0.6) is 5.75 Å². The highest BCUT2D eigenvalue weighted by atomic mass is 16.5. The first-order chi connectivity index (χ1) is 11.8. The lowest BCUT2D eigenvalue weighted by Gasteiger charge is -2.31. The Balaban J connectivity index is 1.57. The number of carbonyl (C=O) groups is 1. The third-order valence-electron chi connectivity index (χ3n) is 4.08. The summed E-state index contributed by atoms with van der Waals surface area (Å²) >= 11 is 0. The van der Waals surface area contributed by atoms with Crippen LogP contribution in [0.15, 0.2) is 41.0 Å². The van der Waals surface area contributed by atoms with E-state index >= 15 is 0 Å². The van der Waals surface area contributed by atoms with Crippen LogP contribution in [-0.2, 0) is 11.3 Å². The predicted molar refractivity (Wildman–Crippen MR) is 87.8 cm³/mol. The van der Waals surface area contributed by atoms with Gasteiger partial charge in [-0.1, -0.05) is 18.2 Å². The predicted octanol–water partition coefficient (Wildman–Crippen LogP) is 2.75. The van der Waals surface area contributed by atoms with Crippen LogP contribution in [0.3, 0.4) is 0 Å². The summed E-state index contributed by atoms with van der Waals surface area (Å²) in [6.45, 7) is 2.33. The monoisotopic (exact) mass is 330 g/mol. The van der Waals surface area contributed by atoms with Gasteiger partial charge < -0.3 is 18.8 Å². The highest BCUT2D eigenvalue weighted by molar-refractivity contribution is 5.92. The molecule has 2 aromatic rings. The Hall–Kier alpha value is -2.34. The molecule has 6 nitrogen and oxygen atoms in total. The molecule has 0 saturated carbocycles. The lowest BCUT2D eigenvalue weighted by Crippen LogP contribution is -2.41. The Morgan fingerprint density at radius 3 is 3.00 bits per heavy atom. The molecule has 1 atom stereocenters. The molecule has 1 fully saturated rings. The molecule has 6 heteroatoms. The van der Waals surface area contributed by atoms with E-state index in [-0.39, 0.29) is 12.5 Å². The van der Waals surface area contributed by atoms with Crippen molar-refractivity contribution in [1.29, 1.82) is 0 Å². The van der Waals surface area contributed by atoms with Gasteiger partial charge in [0.25, 0.3) is 5.91 Å². The van der Waals surface area contributed by atoms with E-state index in [1.807, 2.05) is 35.2 Å². The van der Waals surface area contributed by atoms with Crippen molar-refractivity contribution in [3.05, 3.63) is 48.2 Å². The standard InChI is InChI=1S/C18H22N2O4/c1-22-11-14-6-5-9-20(10-14)18(21)16-12-24-17(19-16)13-23-15-7-3-2-4-8-15/h2-4,7-8,12,14H,5-6,9-11,13H2,1H3. The number of methoxy groups -OCH3 is 1. The number of piperidine rings is 1. The number of hydrogen-bond acceptors (Lipinski definition) is 5. The molecule has 1 aromatic carbocycles. The minimum Gasteiger partial charge on any atom is -0.484 e. The SMILES string of the molecule is COCC1CCCN(C(=O)c2coc(COc3ccccc3)n2)C1. The molecule has 2 heterocycles. The van der Waals surface area contributed by atoms with Crippen LogP contribution in [0.25, 0.3) is 0 Å². The number of ether oxygens (including phenoxy) is 2. The Kier molecular flexibility index (Phi) is 5.48. The van der Waals surface area contributed by atoms with Crippen molar-refractivity contribution >= 4 is 5.91 Å². The zero-order valence-electron chi connectivity index (χ0n) is 13.8. The third kappa shape index (κ3) is 4.14. The van der Waals surface area contributed by atoms with Gasteiger partial charge in [0.2, 0.25) is 5.89 Å². The maximum Gasteiger partial charge on any atom is 0.275 e. The zero-order valence-corrected chi connectivity index (χ0v) is 13.8. The molecule has 3 rings (SSSR count). The summed E-state index contributed by atoms with van der Waals surface area (Å²) in [6.07, 6.45) is 3.49. The molecular weight excluding hydrogens is 308 g/mol. The fourth-order valence-electron chi connectivity index (χ4n) is 2.92. The Morgan fingerprint density at radius 2 is 2.21 bits per heavy atom. The smallest absolute Gasteiger partial charge is 0.275 e. The molecule has 1 saturated heterocycles. The van der Waals surface area contributed by atoms with E-state index in [1.54, 1.807) is 7.11 Å². The number of carbonyl (C=O) groups excluding carboxylic acids is 1. The molecule has 0 radical (unpaired) electrons. The van der Waals surface area contributed by atoms with Crippen molar-refractivity contribution in [3.8, 4) is 5.75 Å². The van der Waals surface area contributed by atoms with Gasteiger partial charge in [0.1, 0.15) is 12.0 Å². The Morgan fingerprint density at radius 1 is 1.38 bits per heavy atom. The average Bonchev–Trinajstić information content (AvgIpc) is 3.10. The average molecular weight is 330 g/mol. The fourth-order valence-corrected chi connectivity index (χ4v) is 2.92. The number of nitrogens with zero attached hydrogens (tertiary/aromatic N) is 2. The van der Waals surface area contributed by atoms with Crippen molar-refractivity contribution in [3.63, 3.8) is 0 Å². The fraction of sp³-hybridized carbons (Fsp3) is 0.444. The second-order valence-electron chi connectivity index (χ2n) is 5.94. The molecule has 0 aliphatic carbocycles. The normalized spacial score (nSPS) is 17.7. The molecule has 1 unspecified atom stereocenters. The molecule has 0 bridgehead atoms. The van der Waals surface area contributed by atoms with Gasteiger partial charge in [-0.05, 0) is 30.9 Å². The third-order valence-corrected chi connectivity index (χ3v) is 4.08. The number of oxazole rings is 1. The number of rotatable bonds is 6. The molecule has 24 heavy (non-hydrogen) atoms. The van der Waals surface area contributed by atoms with Gasteiger partial charge in [0, 0.05) is 20.2 Å². The van der Waals surface area contributed by atoms with Crippen LogP contribution < -0.4 is 4.74 Å². The van der Waals surface area contributed by atoms with Gasteiger partial charge in [-0.25, -0.2) is 4.98 Å². The van der Waals surface area contributed by atoms with Gasteiger partial charge in [-0.2, -0.15) is 0 Å². The van der Waals surface area contributed by atoms with E-state index < -0.39 is 0 Å². The van der Waals surface area contributed by atoms with Crippen LogP contribution in [0, 0.1) is 5.92 Å². The van der Waals surface area contributed by atoms with E-state index in [4.69, 9.17) is 13.9 Å². The molecule has 128 valence electrons. The van der Waals surface area contributed by atoms with Gasteiger partial charge in [0.15, 0.2) is 12.3 Å². The first-order valence-corrected chi connectivity index (χ1v) is 8.16. The summed E-state index contributed by atoms with van der Waals surface area (Å²) in [6, 6.07) is 9.43. The maximum absolute atomic E-state index is 12.6. The molecule has 0 N–H and O–H groups in total. The van der Waals surface area contributed by atoms with Gasteiger partial charge in [-0.15, -0.1) is 0 Å². The summed E-state index contributed by atoms with van der Waals surface area (Å²) < 4.78 is 16.2. The molecule has 1 aliphatic heterocycles. The van der Waals surface area contributed by atoms with Gasteiger partial charge in [0.05, 0.1) is 6.61 Å². The number of benzene rings is 1. The van der Waals surface area contributed by atoms with Crippen LogP contribution in [0.2, 0.25) is 0 Å². The summed E-state index contributed by atoms with van der Waals surface area (Å²) in [7, 11) is 1.69. The summed E-state index contributed by atoms with van der Waals surface area (Å²) in [5.41, 5.74) is 0.333. The second-order valence-corrected chi connectivity index (χ2v) is 5.94. The van der Waals surface area contributed by atoms with Crippen LogP contribution in [0.4, 0.5) is 0 Å². The number of hydrogen-bond donors (Lipinski definition) is 0.